The third kappa shape index (κ3) is 3.89. The first kappa shape index (κ1) is 20.6. The van der Waals surface area contributed by atoms with E-state index in [1.165, 1.54) is 5.56 Å². The molecule has 0 bridgehead atoms. The maximum atomic E-state index is 13.4. The van der Waals surface area contributed by atoms with Crippen molar-refractivity contribution in [2.45, 2.75) is 27.3 Å². The molecule has 0 radical (unpaired) electrons. The van der Waals surface area contributed by atoms with Crippen LogP contribution in [0.2, 0.25) is 0 Å². The van der Waals surface area contributed by atoms with Crippen LogP contribution in [0.25, 0.3) is 33.6 Å². The first-order valence-electron chi connectivity index (χ1n) is 10.8. The van der Waals surface area contributed by atoms with Gasteiger partial charge in [-0.2, -0.15) is 5.10 Å². The Bertz CT molecular complexity index is 1430. The van der Waals surface area contributed by atoms with E-state index in [9.17, 15) is 4.79 Å². The molecule has 0 aliphatic carbocycles. The molecule has 2 aromatic carbocycles. The predicted molar refractivity (Wildman–Crippen MR) is 128 cm³/mol. The molecule has 7 heteroatoms. The number of aromatic nitrogens is 4. The molecule has 5 rings (SSSR count). The van der Waals surface area contributed by atoms with Gasteiger partial charge in [0.05, 0.1) is 28.5 Å². The number of amides is 1. The summed E-state index contributed by atoms with van der Waals surface area (Å²) >= 11 is 0. The average Bonchev–Trinajstić information content (AvgIpc) is 3.48. The highest BCUT2D eigenvalue weighted by atomic mass is 16.5. The van der Waals surface area contributed by atoms with Gasteiger partial charge in [-0.05, 0) is 51.1 Å². The fraction of sp³-hybridized carbons (Fsp3) is 0.154. The number of anilines is 1. The lowest BCUT2D eigenvalue weighted by Gasteiger charge is -2.10. The lowest BCUT2D eigenvalue weighted by Crippen LogP contribution is -2.13. The molecule has 0 aliphatic rings. The molecule has 0 aliphatic heterocycles. The second-order valence-corrected chi connectivity index (χ2v) is 7.93. The van der Waals surface area contributed by atoms with Gasteiger partial charge in [-0.25, -0.2) is 9.67 Å². The Kier molecular flexibility index (Phi) is 5.22. The molecule has 0 fully saturated rings. The third-order valence-electron chi connectivity index (χ3n) is 5.63. The van der Waals surface area contributed by atoms with E-state index in [4.69, 9.17) is 9.51 Å². The van der Waals surface area contributed by atoms with Gasteiger partial charge >= 0.3 is 0 Å². The molecule has 3 aromatic heterocycles. The molecule has 1 amide bonds. The first-order valence-corrected chi connectivity index (χ1v) is 10.8. The fourth-order valence-electron chi connectivity index (χ4n) is 3.91. The summed E-state index contributed by atoms with van der Waals surface area (Å²) in [6.07, 6.45) is 1.60. The largest absolute Gasteiger partial charge is 0.356 e. The van der Waals surface area contributed by atoms with Crippen LogP contribution in [0.5, 0.6) is 0 Å². The van der Waals surface area contributed by atoms with Gasteiger partial charge in [-0.15, -0.1) is 0 Å². The summed E-state index contributed by atoms with van der Waals surface area (Å²) in [4.78, 5) is 18.3. The van der Waals surface area contributed by atoms with Crippen LogP contribution in [0.1, 0.15) is 28.5 Å². The van der Waals surface area contributed by atoms with Crippen molar-refractivity contribution in [1.29, 1.82) is 0 Å². The van der Waals surface area contributed by atoms with Gasteiger partial charge in [-0.3, -0.25) is 4.79 Å². The van der Waals surface area contributed by atoms with Gasteiger partial charge in [0.2, 0.25) is 0 Å². The zero-order valence-corrected chi connectivity index (χ0v) is 18.7. The maximum absolute atomic E-state index is 13.4. The van der Waals surface area contributed by atoms with Crippen molar-refractivity contribution in [2.75, 3.05) is 5.32 Å². The normalized spacial score (nSPS) is 11.1. The summed E-state index contributed by atoms with van der Waals surface area (Å²) in [5.74, 6) is 0.469. The molecule has 7 nitrogen and oxygen atoms in total. The second-order valence-electron chi connectivity index (χ2n) is 7.93. The standard InChI is InChI=1S/C26H23N5O2/c1-4-31-25-24(17(3)30-31)21(15-22(29-25)18-7-5-16(2)6-8-18)26(32)28-20-11-9-19(10-12-20)23-13-14-27-33-23/h5-15H,4H2,1-3H3,(H,28,32). The van der Waals surface area contributed by atoms with Crippen molar-refractivity contribution < 1.29 is 9.32 Å². The van der Waals surface area contributed by atoms with E-state index in [2.05, 4.69) is 15.6 Å². The lowest BCUT2D eigenvalue weighted by molar-refractivity contribution is 0.102. The smallest absolute Gasteiger partial charge is 0.256 e. The average molecular weight is 438 g/mol. The minimum atomic E-state index is -0.207. The highest BCUT2D eigenvalue weighted by Crippen LogP contribution is 2.28. The van der Waals surface area contributed by atoms with Crippen LogP contribution < -0.4 is 5.32 Å². The topological polar surface area (TPSA) is 85.8 Å². The van der Waals surface area contributed by atoms with Crippen LogP contribution in [-0.4, -0.2) is 25.8 Å². The third-order valence-corrected chi connectivity index (χ3v) is 5.63. The molecule has 0 saturated heterocycles. The predicted octanol–water partition coefficient (Wildman–Crippen LogP) is 5.64. The second kappa shape index (κ2) is 8.35. The number of rotatable bonds is 5. The van der Waals surface area contributed by atoms with E-state index < -0.39 is 0 Å². The quantitative estimate of drug-likeness (QED) is 0.384. The summed E-state index contributed by atoms with van der Waals surface area (Å²) in [6, 6.07) is 19.2. The van der Waals surface area contributed by atoms with E-state index in [0.717, 1.165) is 27.9 Å². The Hall–Kier alpha value is -4.26. The van der Waals surface area contributed by atoms with Crippen molar-refractivity contribution in [3.63, 3.8) is 0 Å². The minimum absolute atomic E-state index is 0.207. The Labute approximate surface area is 191 Å². The number of nitrogens with zero attached hydrogens (tertiary/aromatic N) is 4. The number of fused-ring (bicyclic) bond motifs is 1. The van der Waals surface area contributed by atoms with Crippen molar-refractivity contribution in [3.8, 4) is 22.6 Å². The summed E-state index contributed by atoms with van der Waals surface area (Å²) in [6.45, 7) is 6.63. The van der Waals surface area contributed by atoms with E-state index >= 15 is 0 Å². The van der Waals surface area contributed by atoms with Crippen LogP contribution in [-0.2, 0) is 6.54 Å². The number of hydrogen-bond acceptors (Lipinski definition) is 5. The van der Waals surface area contributed by atoms with Crippen molar-refractivity contribution in [2.24, 2.45) is 0 Å². The molecule has 33 heavy (non-hydrogen) atoms. The molecule has 0 spiro atoms. The first-order chi connectivity index (χ1) is 16.0. The molecule has 5 aromatic rings. The van der Waals surface area contributed by atoms with Gasteiger partial charge in [0, 0.05) is 29.4 Å². The van der Waals surface area contributed by atoms with Crippen LogP contribution in [0.4, 0.5) is 5.69 Å². The summed E-state index contributed by atoms with van der Waals surface area (Å²) in [5.41, 5.74) is 6.47. The Morgan fingerprint density at radius 2 is 1.73 bits per heavy atom. The maximum Gasteiger partial charge on any atom is 0.256 e. The molecule has 0 unspecified atom stereocenters. The number of aryl methyl sites for hydroxylation is 3. The van der Waals surface area contributed by atoms with E-state index in [0.29, 0.717) is 29.2 Å². The molecular weight excluding hydrogens is 414 g/mol. The molecule has 1 N–H and O–H groups in total. The monoisotopic (exact) mass is 437 g/mol. The summed E-state index contributed by atoms with van der Waals surface area (Å²) in [5, 5.41) is 12.1. The Morgan fingerprint density at radius 1 is 1.00 bits per heavy atom. The summed E-state index contributed by atoms with van der Waals surface area (Å²) in [7, 11) is 0. The fourth-order valence-corrected chi connectivity index (χ4v) is 3.91. The van der Waals surface area contributed by atoms with Crippen LogP contribution in [0, 0.1) is 13.8 Å². The van der Waals surface area contributed by atoms with Crippen LogP contribution >= 0.6 is 0 Å². The van der Waals surface area contributed by atoms with Gasteiger partial charge < -0.3 is 9.84 Å². The number of nitrogens with one attached hydrogen (secondary N) is 1. The Balaban J connectivity index is 1.55. The van der Waals surface area contributed by atoms with Crippen molar-refractivity contribution in [1.82, 2.24) is 19.9 Å². The highest BCUT2D eigenvalue weighted by molar-refractivity contribution is 6.13. The number of hydrogen-bond donors (Lipinski definition) is 1. The van der Waals surface area contributed by atoms with Gasteiger partial charge in [0.15, 0.2) is 11.4 Å². The van der Waals surface area contributed by atoms with E-state index in [-0.39, 0.29) is 5.91 Å². The Morgan fingerprint density at radius 3 is 2.39 bits per heavy atom. The molecule has 0 saturated carbocycles. The minimum Gasteiger partial charge on any atom is -0.356 e. The zero-order chi connectivity index (χ0) is 22.9. The van der Waals surface area contributed by atoms with Crippen LogP contribution in [0.3, 0.4) is 0 Å². The number of carbonyl (C=O) groups excluding carboxylic acids is 1. The van der Waals surface area contributed by atoms with Gasteiger partial charge in [0.25, 0.3) is 5.91 Å². The molecule has 164 valence electrons. The molecular formula is C26H23N5O2. The van der Waals surface area contributed by atoms with Crippen LogP contribution in [0.15, 0.2) is 71.4 Å². The van der Waals surface area contributed by atoms with E-state index in [1.54, 1.807) is 12.3 Å². The highest BCUT2D eigenvalue weighted by Gasteiger charge is 2.20. The van der Waals surface area contributed by atoms with Crippen molar-refractivity contribution >= 4 is 22.6 Å². The lowest BCUT2D eigenvalue weighted by atomic mass is 10.0. The number of benzene rings is 2. The summed E-state index contributed by atoms with van der Waals surface area (Å²) < 4.78 is 7.03. The van der Waals surface area contributed by atoms with Crippen molar-refractivity contribution in [3.05, 3.63) is 83.7 Å². The SMILES string of the molecule is CCn1nc(C)c2c(C(=O)Nc3ccc(-c4ccno4)cc3)cc(-c3ccc(C)cc3)nc21. The van der Waals surface area contributed by atoms with Gasteiger partial charge in [0.1, 0.15) is 0 Å². The van der Waals surface area contributed by atoms with E-state index in [1.807, 2.05) is 80.1 Å². The number of carbonyl (C=O) groups is 1. The molecule has 0 atom stereocenters. The zero-order valence-electron chi connectivity index (χ0n) is 18.7. The van der Waals surface area contributed by atoms with Gasteiger partial charge in [-0.1, -0.05) is 35.0 Å². The number of pyridine rings is 1. The molecule has 3 heterocycles.